The van der Waals surface area contributed by atoms with Crippen LogP contribution in [0, 0.1) is 5.82 Å². The van der Waals surface area contributed by atoms with Gasteiger partial charge in [-0.25, -0.2) is 4.39 Å². The highest BCUT2D eigenvalue weighted by Gasteiger charge is 2.20. The molecule has 4 rings (SSSR count). The van der Waals surface area contributed by atoms with Crippen LogP contribution < -0.4 is 0 Å². The highest BCUT2D eigenvalue weighted by molar-refractivity contribution is 7.80. The molecular weight excluding hydrogens is 345 g/mol. The van der Waals surface area contributed by atoms with Crippen molar-refractivity contribution in [1.82, 2.24) is 15.2 Å². The predicted octanol–water partition coefficient (Wildman–Crippen LogP) is 5.30. The van der Waals surface area contributed by atoms with E-state index in [0.717, 1.165) is 22.4 Å². The van der Waals surface area contributed by atoms with E-state index >= 15 is 0 Å². The summed E-state index contributed by atoms with van der Waals surface area (Å²) in [4.78, 5) is 4.46. The summed E-state index contributed by atoms with van der Waals surface area (Å²) in [5.41, 5.74) is 4.53. The molecule has 0 radical (unpaired) electrons. The molecule has 0 bridgehead atoms. The van der Waals surface area contributed by atoms with E-state index in [2.05, 4.69) is 27.8 Å². The fourth-order valence-electron chi connectivity index (χ4n) is 2.90. The summed E-state index contributed by atoms with van der Waals surface area (Å²) >= 11 is 4.52. The van der Waals surface area contributed by atoms with Gasteiger partial charge in [-0.3, -0.25) is 4.98 Å². The summed E-state index contributed by atoms with van der Waals surface area (Å²) < 4.78 is 13.8. The fraction of sp³-hybridized carbons (Fsp3) is 0. The molecule has 2 aromatic carbocycles. The highest BCUT2D eigenvalue weighted by Crippen LogP contribution is 2.40. The summed E-state index contributed by atoms with van der Waals surface area (Å²) in [5.74, 6) is -0.322. The number of hydrogen-bond donors (Lipinski definition) is 1. The molecule has 0 atom stereocenters. The molecule has 0 saturated carbocycles. The third kappa shape index (κ3) is 3.09. The Bertz CT molecular complexity index is 1050. The number of benzene rings is 2. The lowest BCUT2D eigenvalue weighted by Crippen LogP contribution is -1.99. The van der Waals surface area contributed by atoms with E-state index in [-0.39, 0.29) is 5.82 Å². The molecule has 0 fully saturated rings. The zero-order valence-corrected chi connectivity index (χ0v) is 14.6. The van der Waals surface area contributed by atoms with Crippen LogP contribution in [0.5, 0.6) is 0 Å². The molecule has 4 aromatic rings. The van der Waals surface area contributed by atoms with Crippen molar-refractivity contribution in [3.05, 3.63) is 84.8 Å². The van der Waals surface area contributed by atoms with E-state index in [0.29, 0.717) is 16.3 Å². The van der Waals surface area contributed by atoms with Crippen LogP contribution in [0.1, 0.15) is 0 Å². The van der Waals surface area contributed by atoms with Gasteiger partial charge in [0.25, 0.3) is 0 Å². The van der Waals surface area contributed by atoms with E-state index < -0.39 is 0 Å². The Labute approximate surface area is 156 Å². The van der Waals surface area contributed by atoms with Gasteiger partial charge >= 0.3 is 0 Å². The first-order valence-electron chi connectivity index (χ1n) is 8.06. The maximum absolute atomic E-state index is 13.8. The van der Waals surface area contributed by atoms with Gasteiger partial charge in [0.05, 0.1) is 5.69 Å². The number of aromatic nitrogens is 3. The third-order valence-corrected chi connectivity index (χ3v) is 4.35. The largest absolute Gasteiger partial charge is 0.256 e. The van der Waals surface area contributed by atoms with Gasteiger partial charge in [0.15, 0.2) is 0 Å². The molecule has 0 aliphatic heterocycles. The first-order chi connectivity index (χ1) is 12.7. The molecule has 0 unspecified atom stereocenters. The minimum atomic E-state index is -0.322. The van der Waals surface area contributed by atoms with Crippen molar-refractivity contribution in [2.45, 2.75) is 5.03 Å². The second-order valence-corrected chi connectivity index (χ2v) is 6.14. The van der Waals surface area contributed by atoms with Gasteiger partial charge in [-0.1, -0.05) is 48.5 Å². The topological polar surface area (TPSA) is 38.7 Å². The minimum absolute atomic E-state index is 0.322. The van der Waals surface area contributed by atoms with E-state index in [1.807, 2.05) is 54.6 Å². The van der Waals surface area contributed by atoms with Crippen LogP contribution in [-0.2, 0) is 0 Å². The van der Waals surface area contributed by atoms with E-state index in [4.69, 9.17) is 0 Å². The Hall–Kier alpha value is -3.05. The SMILES string of the molecule is Fc1cccc(-c2nnc(S)c(-c3ccccn3)c2-c2ccccc2)c1. The van der Waals surface area contributed by atoms with Crippen molar-refractivity contribution in [3.8, 4) is 33.6 Å². The van der Waals surface area contributed by atoms with Gasteiger partial charge < -0.3 is 0 Å². The summed E-state index contributed by atoms with van der Waals surface area (Å²) in [6.45, 7) is 0. The molecule has 0 saturated heterocycles. The summed E-state index contributed by atoms with van der Waals surface area (Å²) in [7, 11) is 0. The van der Waals surface area contributed by atoms with Gasteiger partial charge in [-0.15, -0.1) is 22.8 Å². The normalized spacial score (nSPS) is 10.7. The Kier molecular flexibility index (Phi) is 4.46. The number of hydrogen-bond acceptors (Lipinski definition) is 4. The molecule has 0 N–H and O–H groups in total. The van der Waals surface area contributed by atoms with Crippen LogP contribution in [-0.4, -0.2) is 15.2 Å². The van der Waals surface area contributed by atoms with Gasteiger partial charge in [0.2, 0.25) is 0 Å². The van der Waals surface area contributed by atoms with Crippen molar-refractivity contribution in [3.63, 3.8) is 0 Å². The van der Waals surface area contributed by atoms with Gasteiger partial charge in [-0.2, -0.15) is 0 Å². The van der Waals surface area contributed by atoms with Gasteiger partial charge in [0, 0.05) is 22.9 Å². The van der Waals surface area contributed by atoms with Crippen LogP contribution in [0.25, 0.3) is 33.6 Å². The standard InChI is InChI=1S/C21H14FN3S/c22-16-10-6-9-15(13-16)20-18(14-7-2-1-3-8-14)19(21(26)25-24-20)17-11-4-5-12-23-17/h1-13H,(H,25,26). The quantitative estimate of drug-likeness (QED) is 0.505. The van der Waals surface area contributed by atoms with E-state index in [1.54, 1.807) is 12.3 Å². The van der Waals surface area contributed by atoms with Crippen LogP contribution in [0.2, 0.25) is 0 Å². The van der Waals surface area contributed by atoms with Crippen molar-refractivity contribution >= 4 is 12.6 Å². The van der Waals surface area contributed by atoms with Crippen LogP contribution in [0.3, 0.4) is 0 Å². The lowest BCUT2D eigenvalue weighted by Gasteiger charge is -2.15. The molecule has 5 heteroatoms. The molecular formula is C21H14FN3S. The highest BCUT2D eigenvalue weighted by atomic mass is 32.1. The Morgan fingerprint density at radius 1 is 0.731 bits per heavy atom. The average molecular weight is 359 g/mol. The van der Waals surface area contributed by atoms with Crippen molar-refractivity contribution in [1.29, 1.82) is 0 Å². The van der Waals surface area contributed by atoms with Crippen molar-refractivity contribution in [2.75, 3.05) is 0 Å². The van der Waals surface area contributed by atoms with Crippen LogP contribution in [0.4, 0.5) is 4.39 Å². The molecule has 126 valence electrons. The maximum atomic E-state index is 13.8. The smallest absolute Gasteiger partial charge is 0.126 e. The number of nitrogens with zero attached hydrogens (tertiary/aromatic N) is 3. The fourth-order valence-corrected chi connectivity index (χ4v) is 3.18. The van der Waals surface area contributed by atoms with E-state index in [9.17, 15) is 4.39 Å². The Morgan fingerprint density at radius 2 is 1.50 bits per heavy atom. The summed E-state index contributed by atoms with van der Waals surface area (Å²) in [6, 6.07) is 21.8. The lowest BCUT2D eigenvalue weighted by atomic mass is 9.94. The van der Waals surface area contributed by atoms with E-state index in [1.165, 1.54) is 12.1 Å². The molecule has 3 nitrogen and oxygen atoms in total. The second-order valence-electron chi connectivity index (χ2n) is 5.71. The van der Waals surface area contributed by atoms with Crippen molar-refractivity contribution in [2.24, 2.45) is 0 Å². The third-order valence-electron chi connectivity index (χ3n) is 4.04. The number of pyridine rings is 1. The first kappa shape index (κ1) is 16.4. The number of thiol groups is 1. The zero-order chi connectivity index (χ0) is 17.9. The Balaban J connectivity index is 2.08. The molecule has 0 spiro atoms. The molecule has 0 aliphatic carbocycles. The van der Waals surface area contributed by atoms with Gasteiger partial charge in [0.1, 0.15) is 16.5 Å². The second kappa shape index (κ2) is 7.06. The van der Waals surface area contributed by atoms with Gasteiger partial charge in [-0.05, 0) is 29.8 Å². The first-order valence-corrected chi connectivity index (χ1v) is 8.51. The monoisotopic (exact) mass is 359 g/mol. The predicted molar refractivity (Wildman–Crippen MR) is 103 cm³/mol. The summed E-state index contributed by atoms with van der Waals surface area (Å²) in [6.07, 6.45) is 1.72. The average Bonchev–Trinajstić information content (AvgIpc) is 2.69. The molecule has 0 aliphatic rings. The number of rotatable bonds is 3. The lowest BCUT2D eigenvalue weighted by molar-refractivity contribution is 0.628. The molecule has 2 aromatic heterocycles. The molecule has 26 heavy (non-hydrogen) atoms. The molecule has 0 amide bonds. The summed E-state index contributed by atoms with van der Waals surface area (Å²) in [5, 5.41) is 9.01. The maximum Gasteiger partial charge on any atom is 0.126 e. The zero-order valence-electron chi connectivity index (χ0n) is 13.7. The Morgan fingerprint density at radius 3 is 2.23 bits per heavy atom. The van der Waals surface area contributed by atoms with Crippen LogP contribution in [0.15, 0.2) is 84.0 Å². The van der Waals surface area contributed by atoms with Crippen LogP contribution >= 0.6 is 12.6 Å². The number of halogens is 1. The molecule has 2 heterocycles. The minimum Gasteiger partial charge on any atom is -0.256 e. The van der Waals surface area contributed by atoms with Crippen molar-refractivity contribution < 1.29 is 4.39 Å².